The summed E-state index contributed by atoms with van der Waals surface area (Å²) in [7, 11) is 2.15. The van der Waals surface area contributed by atoms with E-state index in [1.165, 1.54) is 42.6 Å². The third kappa shape index (κ3) is 1.97. The van der Waals surface area contributed by atoms with Crippen LogP contribution in [0.1, 0.15) is 37.1 Å². The second kappa shape index (κ2) is 4.17. The molecule has 1 fully saturated rings. The molecule has 0 N–H and O–H groups in total. The van der Waals surface area contributed by atoms with Crippen LogP contribution in [-0.2, 0) is 13.5 Å². The van der Waals surface area contributed by atoms with Gasteiger partial charge in [0.05, 0.1) is 11.0 Å². The standard InChI is InChI=1S/C15H20N2/c1-11-7-8-13-14(9-11)17(2)15(16-13)10-12-5-3-4-6-12/h7-9,12H,3-6,10H2,1-2H3. The molecular formula is C15H20N2. The molecule has 2 aromatic rings. The van der Waals surface area contributed by atoms with Crippen LogP contribution in [0, 0.1) is 12.8 Å². The van der Waals surface area contributed by atoms with E-state index >= 15 is 0 Å². The average molecular weight is 228 g/mol. The summed E-state index contributed by atoms with van der Waals surface area (Å²) in [4.78, 5) is 4.78. The number of rotatable bonds is 2. The number of imidazole rings is 1. The third-order valence-corrected chi connectivity index (χ3v) is 4.07. The van der Waals surface area contributed by atoms with E-state index in [9.17, 15) is 0 Å². The van der Waals surface area contributed by atoms with Crippen molar-refractivity contribution in [3.8, 4) is 0 Å². The zero-order chi connectivity index (χ0) is 11.8. The zero-order valence-electron chi connectivity index (χ0n) is 10.7. The molecule has 3 rings (SSSR count). The van der Waals surface area contributed by atoms with E-state index in [-0.39, 0.29) is 0 Å². The van der Waals surface area contributed by atoms with Crippen molar-refractivity contribution in [1.29, 1.82) is 0 Å². The molecule has 0 spiro atoms. The molecule has 0 aliphatic heterocycles. The normalized spacial score (nSPS) is 17.1. The highest BCUT2D eigenvalue weighted by molar-refractivity contribution is 5.76. The van der Waals surface area contributed by atoms with Crippen molar-refractivity contribution in [1.82, 2.24) is 9.55 Å². The Kier molecular flexibility index (Phi) is 2.65. The number of aromatic nitrogens is 2. The molecule has 1 aliphatic rings. The first-order chi connectivity index (χ1) is 8.24. The van der Waals surface area contributed by atoms with Crippen LogP contribution < -0.4 is 0 Å². The second-order valence-electron chi connectivity index (χ2n) is 5.43. The molecule has 2 heteroatoms. The molecule has 90 valence electrons. The molecule has 0 unspecified atom stereocenters. The summed E-state index contributed by atoms with van der Waals surface area (Å²) in [5.41, 5.74) is 3.73. The van der Waals surface area contributed by atoms with Gasteiger partial charge in [0.2, 0.25) is 0 Å². The van der Waals surface area contributed by atoms with Crippen molar-refractivity contribution in [2.45, 2.75) is 39.0 Å². The number of hydrogen-bond donors (Lipinski definition) is 0. The first-order valence-corrected chi connectivity index (χ1v) is 6.66. The monoisotopic (exact) mass is 228 g/mol. The lowest BCUT2D eigenvalue weighted by molar-refractivity contribution is 0.522. The fourth-order valence-electron chi connectivity index (χ4n) is 3.00. The number of hydrogen-bond acceptors (Lipinski definition) is 1. The molecule has 1 aromatic heterocycles. The molecule has 0 saturated heterocycles. The lowest BCUT2D eigenvalue weighted by Gasteiger charge is -2.08. The molecule has 0 amide bonds. The van der Waals surface area contributed by atoms with Crippen LogP contribution in [-0.4, -0.2) is 9.55 Å². The van der Waals surface area contributed by atoms with Gasteiger partial charge in [-0.2, -0.15) is 0 Å². The summed E-state index contributed by atoms with van der Waals surface area (Å²) in [5.74, 6) is 2.13. The molecule has 1 aliphatic carbocycles. The Morgan fingerprint density at radius 1 is 1.29 bits per heavy atom. The summed E-state index contributed by atoms with van der Waals surface area (Å²) >= 11 is 0. The summed E-state index contributed by atoms with van der Waals surface area (Å²) in [6.45, 7) is 2.14. The average Bonchev–Trinajstić information content (AvgIpc) is 2.91. The molecule has 0 bridgehead atoms. The van der Waals surface area contributed by atoms with E-state index in [2.05, 4.69) is 36.7 Å². The molecule has 17 heavy (non-hydrogen) atoms. The van der Waals surface area contributed by atoms with E-state index in [4.69, 9.17) is 4.98 Å². The number of benzene rings is 1. The topological polar surface area (TPSA) is 17.8 Å². The Morgan fingerprint density at radius 2 is 2.06 bits per heavy atom. The summed E-state index contributed by atoms with van der Waals surface area (Å²) in [6, 6.07) is 6.53. The van der Waals surface area contributed by atoms with Gasteiger partial charge in [-0.3, -0.25) is 0 Å². The summed E-state index contributed by atoms with van der Waals surface area (Å²) in [5, 5.41) is 0. The summed E-state index contributed by atoms with van der Waals surface area (Å²) < 4.78 is 2.28. The number of nitrogens with zero attached hydrogens (tertiary/aromatic N) is 2. The van der Waals surface area contributed by atoms with E-state index in [1.807, 2.05) is 0 Å². The minimum Gasteiger partial charge on any atom is -0.331 e. The molecular weight excluding hydrogens is 208 g/mol. The van der Waals surface area contributed by atoms with Crippen molar-refractivity contribution in [3.05, 3.63) is 29.6 Å². The SMILES string of the molecule is Cc1ccc2nc(CC3CCCC3)n(C)c2c1. The van der Waals surface area contributed by atoms with Crippen molar-refractivity contribution in [2.75, 3.05) is 0 Å². The first kappa shape index (κ1) is 10.8. The predicted octanol–water partition coefficient (Wildman–Crippen LogP) is 3.61. The third-order valence-electron chi connectivity index (χ3n) is 4.07. The van der Waals surface area contributed by atoms with Gasteiger partial charge in [0.25, 0.3) is 0 Å². The van der Waals surface area contributed by atoms with Crippen LogP contribution in [0.5, 0.6) is 0 Å². The molecule has 1 saturated carbocycles. The Morgan fingerprint density at radius 3 is 2.82 bits per heavy atom. The van der Waals surface area contributed by atoms with Gasteiger partial charge >= 0.3 is 0 Å². The lowest BCUT2D eigenvalue weighted by Crippen LogP contribution is -2.05. The maximum absolute atomic E-state index is 4.78. The van der Waals surface area contributed by atoms with Crippen LogP contribution >= 0.6 is 0 Å². The molecule has 2 nitrogen and oxygen atoms in total. The Balaban J connectivity index is 1.96. The quantitative estimate of drug-likeness (QED) is 0.767. The second-order valence-corrected chi connectivity index (χ2v) is 5.43. The van der Waals surface area contributed by atoms with Crippen LogP contribution in [0.2, 0.25) is 0 Å². The van der Waals surface area contributed by atoms with Crippen LogP contribution in [0.15, 0.2) is 18.2 Å². The Labute approximate surface area is 103 Å². The summed E-state index contributed by atoms with van der Waals surface area (Å²) in [6.07, 6.45) is 6.76. The Hall–Kier alpha value is -1.31. The van der Waals surface area contributed by atoms with Crippen molar-refractivity contribution >= 4 is 11.0 Å². The minimum absolute atomic E-state index is 0.867. The van der Waals surface area contributed by atoms with Gasteiger partial charge in [-0.15, -0.1) is 0 Å². The van der Waals surface area contributed by atoms with Crippen LogP contribution in [0.3, 0.4) is 0 Å². The van der Waals surface area contributed by atoms with E-state index in [1.54, 1.807) is 0 Å². The maximum Gasteiger partial charge on any atom is 0.109 e. The lowest BCUT2D eigenvalue weighted by atomic mass is 10.0. The predicted molar refractivity (Wildman–Crippen MR) is 71.1 cm³/mol. The minimum atomic E-state index is 0.867. The first-order valence-electron chi connectivity index (χ1n) is 6.66. The van der Waals surface area contributed by atoms with Crippen molar-refractivity contribution in [2.24, 2.45) is 13.0 Å². The molecule has 1 aromatic carbocycles. The maximum atomic E-state index is 4.78. The van der Waals surface area contributed by atoms with Gasteiger partial charge in [0, 0.05) is 13.5 Å². The van der Waals surface area contributed by atoms with E-state index in [0.717, 1.165) is 17.9 Å². The zero-order valence-corrected chi connectivity index (χ0v) is 10.7. The van der Waals surface area contributed by atoms with Gasteiger partial charge in [0.15, 0.2) is 0 Å². The van der Waals surface area contributed by atoms with Crippen LogP contribution in [0.4, 0.5) is 0 Å². The van der Waals surface area contributed by atoms with Gasteiger partial charge in [-0.1, -0.05) is 31.7 Å². The van der Waals surface area contributed by atoms with Gasteiger partial charge in [-0.25, -0.2) is 4.98 Å². The fourth-order valence-corrected chi connectivity index (χ4v) is 3.00. The van der Waals surface area contributed by atoms with Gasteiger partial charge < -0.3 is 4.57 Å². The molecule has 0 atom stereocenters. The van der Waals surface area contributed by atoms with Gasteiger partial charge in [-0.05, 0) is 30.5 Å². The highest BCUT2D eigenvalue weighted by atomic mass is 15.1. The van der Waals surface area contributed by atoms with Crippen LogP contribution in [0.25, 0.3) is 11.0 Å². The molecule has 1 heterocycles. The van der Waals surface area contributed by atoms with E-state index in [0.29, 0.717) is 0 Å². The van der Waals surface area contributed by atoms with Gasteiger partial charge in [0.1, 0.15) is 5.82 Å². The number of aryl methyl sites for hydroxylation is 2. The smallest absolute Gasteiger partial charge is 0.109 e. The van der Waals surface area contributed by atoms with Crippen molar-refractivity contribution < 1.29 is 0 Å². The number of fused-ring (bicyclic) bond motifs is 1. The fraction of sp³-hybridized carbons (Fsp3) is 0.533. The molecule has 0 radical (unpaired) electrons. The highest BCUT2D eigenvalue weighted by Crippen LogP contribution is 2.28. The highest BCUT2D eigenvalue weighted by Gasteiger charge is 2.18. The van der Waals surface area contributed by atoms with Crippen molar-refractivity contribution in [3.63, 3.8) is 0 Å². The largest absolute Gasteiger partial charge is 0.331 e. The Bertz CT molecular complexity index is 533. The van der Waals surface area contributed by atoms with E-state index < -0.39 is 0 Å².